The molecule has 0 unspecified atom stereocenters. The van der Waals surface area contributed by atoms with Crippen molar-refractivity contribution in [2.75, 3.05) is 31.6 Å². The Labute approximate surface area is 303 Å². The van der Waals surface area contributed by atoms with Crippen molar-refractivity contribution < 1.29 is 19.1 Å². The predicted molar refractivity (Wildman–Crippen MR) is 198 cm³/mol. The van der Waals surface area contributed by atoms with Crippen LogP contribution in [0, 0.1) is 24.2 Å². The number of fused-ring (bicyclic) bond motifs is 3. The summed E-state index contributed by atoms with van der Waals surface area (Å²) in [5, 5.41) is 4.75. The van der Waals surface area contributed by atoms with Crippen molar-refractivity contribution >= 4 is 17.7 Å². The van der Waals surface area contributed by atoms with Crippen molar-refractivity contribution in [1.29, 1.82) is 0 Å². The summed E-state index contributed by atoms with van der Waals surface area (Å²) in [5.41, 5.74) is 5.93. The highest BCUT2D eigenvalue weighted by Gasteiger charge is 2.51. The van der Waals surface area contributed by atoms with E-state index in [0.29, 0.717) is 12.5 Å². The molecule has 2 amide bonds. The fourth-order valence-electron chi connectivity index (χ4n) is 9.90. The van der Waals surface area contributed by atoms with Crippen LogP contribution in [0.2, 0.25) is 0 Å². The molecule has 272 valence electrons. The third-order valence-corrected chi connectivity index (χ3v) is 13.7. The molecule has 3 aromatic rings. The number of likely N-dealkylation sites (tertiary alicyclic amines) is 1. The van der Waals surface area contributed by atoms with E-state index in [1.54, 1.807) is 12.0 Å². The molecule has 0 radical (unpaired) electrons. The van der Waals surface area contributed by atoms with Crippen molar-refractivity contribution in [1.82, 2.24) is 19.7 Å². The molecule has 0 spiro atoms. The predicted octanol–water partition coefficient (Wildman–Crippen LogP) is 8.43. The molecular weight excluding hydrogens is 638 g/mol. The second-order valence-corrected chi connectivity index (χ2v) is 17.2. The van der Waals surface area contributed by atoms with Gasteiger partial charge in [0.25, 0.3) is 0 Å². The standard InChI is InChI=1S/C42H55N5O4/c1-29-25-45(26-29)39(49)51-36-9-6-31(7-10-36)38(48)46(35-21-32(22-43-24-35)33-23-44-47(27-33)40(3)12-5-13-40)28-41-14-17-42(18-15-41,19-16-41)34-8-11-37(50-4)30(2)20-34/h8,11,20-24,27,29,31,36H,5-7,9-10,12-19,25-26,28H2,1-4H3. The smallest absolute Gasteiger partial charge is 0.410 e. The van der Waals surface area contributed by atoms with Crippen LogP contribution in [-0.2, 0) is 20.5 Å². The minimum absolute atomic E-state index is 0.0831. The Balaban J connectivity index is 1.01. The van der Waals surface area contributed by atoms with Gasteiger partial charge in [-0.2, -0.15) is 5.10 Å². The van der Waals surface area contributed by atoms with Gasteiger partial charge in [-0.25, -0.2) is 4.79 Å². The van der Waals surface area contributed by atoms with Crippen molar-refractivity contribution in [3.8, 4) is 16.9 Å². The molecule has 0 N–H and O–H groups in total. The molecule has 5 aliphatic carbocycles. The first kappa shape index (κ1) is 34.2. The molecule has 1 aliphatic heterocycles. The number of carbonyl (C=O) groups excluding carboxylic acids is 2. The summed E-state index contributed by atoms with van der Waals surface area (Å²) < 4.78 is 13.6. The van der Waals surface area contributed by atoms with Gasteiger partial charge in [-0.05, 0) is 137 Å². The van der Waals surface area contributed by atoms with E-state index in [9.17, 15) is 9.59 Å². The second kappa shape index (κ2) is 13.3. The Bertz CT molecular complexity index is 1740. The number of rotatable bonds is 9. The van der Waals surface area contributed by atoms with Crippen LogP contribution in [-0.4, -0.2) is 64.5 Å². The zero-order valence-electron chi connectivity index (χ0n) is 31.0. The maximum absolute atomic E-state index is 14.7. The molecule has 5 saturated carbocycles. The largest absolute Gasteiger partial charge is 0.496 e. The van der Waals surface area contributed by atoms with Gasteiger partial charge in [-0.1, -0.05) is 19.1 Å². The average Bonchev–Trinajstić information content (AvgIpc) is 3.63. The summed E-state index contributed by atoms with van der Waals surface area (Å²) in [4.78, 5) is 36.0. The highest BCUT2D eigenvalue weighted by atomic mass is 16.6. The van der Waals surface area contributed by atoms with Crippen LogP contribution in [0.1, 0.15) is 108 Å². The Hall–Kier alpha value is -3.88. The number of hydrogen-bond donors (Lipinski definition) is 0. The minimum atomic E-state index is -0.198. The lowest BCUT2D eigenvalue weighted by Crippen LogP contribution is -2.52. The summed E-state index contributed by atoms with van der Waals surface area (Å²) in [6.07, 6.45) is 20.8. The maximum atomic E-state index is 14.7. The second-order valence-electron chi connectivity index (χ2n) is 17.2. The van der Waals surface area contributed by atoms with Crippen LogP contribution >= 0.6 is 0 Å². The van der Waals surface area contributed by atoms with E-state index in [2.05, 4.69) is 60.8 Å². The molecule has 2 bridgehead atoms. The van der Waals surface area contributed by atoms with Gasteiger partial charge < -0.3 is 19.3 Å². The number of hydrogen-bond acceptors (Lipinski definition) is 6. The number of amides is 2. The summed E-state index contributed by atoms with van der Waals surface area (Å²) in [5.74, 6) is 1.58. The van der Waals surface area contributed by atoms with E-state index in [4.69, 9.17) is 19.6 Å². The molecule has 1 aromatic carbocycles. The first-order valence-corrected chi connectivity index (χ1v) is 19.5. The van der Waals surface area contributed by atoms with Gasteiger partial charge in [0.05, 0.1) is 30.7 Å². The topological polar surface area (TPSA) is 89.8 Å². The highest BCUT2D eigenvalue weighted by molar-refractivity contribution is 5.95. The van der Waals surface area contributed by atoms with Crippen LogP contribution in [0.15, 0.2) is 49.1 Å². The molecule has 9 heteroatoms. The van der Waals surface area contributed by atoms with Crippen LogP contribution < -0.4 is 9.64 Å². The quantitative estimate of drug-likeness (QED) is 0.224. The van der Waals surface area contributed by atoms with Crippen LogP contribution in [0.4, 0.5) is 10.5 Å². The summed E-state index contributed by atoms with van der Waals surface area (Å²) >= 11 is 0. The molecule has 0 atom stereocenters. The number of aromatic nitrogens is 3. The third-order valence-electron chi connectivity index (χ3n) is 13.7. The molecule has 51 heavy (non-hydrogen) atoms. The SMILES string of the molecule is COc1ccc(C23CCC(CN(C(=O)C4CCC(OC(=O)N5CC(C)C5)CC4)c4cncc(-c5cnn(C6(C)CCC6)c5)c4)(CC2)CC3)cc1C. The molecule has 9 nitrogen and oxygen atoms in total. The highest BCUT2D eigenvalue weighted by Crippen LogP contribution is 2.58. The van der Waals surface area contributed by atoms with Crippen molar-refractivity contribution in [3.05, 3.63) is 60.2 Å². The first-order chi connectivity index (χ1) is 24.6. The summed E-state index contributed by atoms with van der Waals surface area (Å²) in [6, 6.07) is 8.91. The van der Waals surface area contributed by atoms with E-state index in [1.165, 1.54) is 17.5 Å². The molecule has 1 saturated heterocycles. The van der Waals surface area contributed by atoms with Gasteiger partial charge in [0, 0.05) is 49.1 Å². The fraction of sp³-hybridized carbons (Fsp3) is 0.619. The van der Waals surface area contributed by atoms with E-state index < -0.39 is 0 Å². The number of anilines is 1. The van der Waals surface area contributed by atoms with E-state index in [0.717, 1.165) is 113 Å². The summed E-state index contributed by atoms with van der Waals surface area (Å²) in [7, 11) is 1.74. The fourth-order valence-corrected chi connectivity index (χ4v) is 9.90. The Morgan fingerprint density at radius 2 is 1.65 bits per heavy atom. The molecule has 3 heterocycles. The molecular formula is C42H55N5O4. The molecule has 9 rings (SSSR count). The maximum Gasteiger partial charge on any atom is 0.410 e. The minimum Gasteiger partial charge on any atom is -0.496 e. The van der Waals surface area contributed by atoms with Gasteiger partial charge in [0.15, 0.2) is 0 Å². The van der Waals surface area contributed by atoms with Gasteiger partial charge in [-0.3, -0.25) is 14.5 Å². The lowest BCUT2D eigenvalue weighted by Gasteiger charge is -2.55. The number of benzene rings is 1. The van der Waals surface area contributed by atoms with E-state index >= 15 is 0 Å². The van der Waals surface area contributed by atoms with Gasteiger partial charge in [0.2, 0.25) is 5.91 Å². The Morgan fingerprint density at radius 1 is 0.922 bits per heavy atom. The molecule has 2 aromatic heterocycles. The van der Waals surface area contributed by atoms with E-state index in [1.807, 2.05) is 18.6 Å². The van der Waals surface area contributed by atoms with Gasteiger partial charge in [0.1, 0.15) is 11.9 Å². The van der Waals surface area contributed by atoms with Gasteiger partial charge in [-0.15, -0.1) is 0 Å². The average molecular weight is 694 g/mol. The zero-order valence-corrected chi connectivity index (χ0v) is 31.0. The number of nitrogens with zero attached hydrogens (tertiary/aromatic N) is 5. The number of carbonyl (C=O) groups is 2. The lowest BCUT2D eigenvalue weighted by atomic mass is 9.51. The third kappa shape index (κ3) is 6.43. The van der Waals surface area contributed by atoms with Crippen LogP contribution in [0.3, 0.4) is 0 Å². The lowest BCUT2D eigenvalue weighted by molar-refractivity contribution is -0.124. The van der Waals surface area contributed by atoms with E-state index in [-0.39, 0.29) is 40.4 Å². The van der Waals surface area contributed by atoms with Crippen LogP contribution in [0.5, 0.6) is 5.75 Å². The number of aryl methyl sites for hydroxylation is 1. The first-order valence-electron chi connectivity index (χ1n) is 19.5. The van der Waals surface area contributed by atoms with Crippen molar-refractivity contribution in [2.24, 2.45) is 17.3 Å². The Morgan fingerprint density at radius 3 is 2.27 bits per heavy atom. The monoisotopic (exact) mass is 693 g/mol. The zero-order chi connectivity index (χ0) is 35.4. The number of pyridine rings is 1. The normalized spacial score (nSPS) is 28.4. The molecule has 6 aliphatic rings. The van der Waals surface area contributed by atoms with Crippen LogP contribution in [0.25, 0.3) is 11.1 Å². The summed E-state index contributed by atoms with van der Waals surface area (Å²) in [6.45, 7) is 8.84. The molecule has 6 fully saturated rings. The van der Waals surface area contributed by atoms with Crippen molar-refractivity contribution in [2.45, 2.75) is 121 Å². The van der Waals surface area contributed by atoms with Gasteiger partial charge >= 0.3 is 6.09 Å². The number of ether oxygens (including phenoxy) is 2. The van der Waals surface area contributed by atoms with Crippen molar-refractivity contribution in [3.63, 3.8) is 0 Å². The Kier molecular flexibility index (Phi) is 8.90. The number of methoxy groups -OCH3 is 1.